The Balaban J connectivity index is 1.67. The maximum atomic E-state index is 14.2. The summed E-state index contributed by atoms with van der Waals surface area (Å²) in [7, 11) is 0. The smallest absolute Gasteiger partial charge is 0.430 e. The van der Waals surface area contributed by atoms with Crippen molar-refractivity contribution in [2.75, 3.05) is 5.32 Å². The SMILES string of the molecule is O=C(OC1(C(F)(F)F)C(=O)Nc2cc(Cl)ccc21)c1cc2c(ccc3ccccc32)oc1=O. The van der Waals surface area contributed by atoms with E-state index in [-0.39, 0.29) is 16.3 Å². The summed E-state index contributed by atoms with van der Waals surface area (Å²) in [6, 6.07) is 14.5. The molecule has 1 N–H and O–H groups in total. The number of alkyl halides is 3. The van der Waals surface area contributed by atoms with Crippen LogP contribution in [-0.2, 0) is 15.1 Å². The molecule has 5 rings (SSSR count). The summed E-state index contributed by atoms with van der Waals surface area (Å²) in [5.41, 5.74) is -6.40. The average Bonchev–Trinajstić information content (AvgIpc) is 3.04. The lowest BCUT2D eigenvalue weighted by Gasteiger charge is -2.29. The molecule has 0 saturated heterocycles. The van der Waals surface area contributed by atoms with Crippen molar-refractivity contribution in [1.29, 1.82) is 0 Å². The Hall–Kier alpha value is -3.85. The average molecular weight is 474 g/mol. The number of esters is 1. The van der Waals surface area contributed by atoms with Crippen molar-refractivity contribution >= 4 is 50.9 Å². The monoisotopic (exact) mass is 473 g/mol. The van der Waals surface area contributed by atoms with E-state index in [4.69, 9.17) is 20.8 Å². The molecule has 166 valence electrons. The van der Waals surface area contributed by atoms with Gasteiger partial charge < -0.3 is 14.5 Å². The molecule has 0 aliphatic carbocycles. The molecule has 2 heterocycles. The zero-order valence-electron chi connectivity index (χ0n) is 16.3. The molecule has 1 atom stereocenters. The Morgan fingerprint density at radius 3 is 2.52 bits per heavy atom. The van der Waals surface area contributed by atoms with Gasteiger partial charge in [0.2, 0.25) is 0 Å². The zero-order chi connectivity index (χ0) is 23.5. The van der Waals surface area contributed by atoms with Crippen LogP contribution in [0.1, 0.15) is 15.9 Å². The molecule has 6 nitrogen and oxygen atoms in total. The second-order valence-electron chi connectivity index (χ2n) is 7.36. The molecule has 4 aromatic rings. The second-order valence-corrected chi connectivity index (χ2v) is 7.79. The third-order valence-corrected chi connectivity index (χ3v) is 5.67. The first-order valence-corrected chi connectivity index (χ1v) is 9.87. The lowest BCUT2D eigenvalue weighted by Crippen LogP contribution is -2.51. The number of rotatable bonds is 2. The maximum absolute atomic E-state index is 14.2. The topological polar surface area (TPSA) is 85.6 Å². The Morgan fingerprint density at radius 2 is 1.76 bits per heavy atom. The van der Waals surface area contributed by atoms with Gasteiger partial charge in [0.1, 0.15) is 11.1 Å². The van der Waals surface area contributed by atoms with E-state index in [1.807, 2.05) is 5.32 Å². The van der Waals surface area contributed by atoms with Gasteiger partial charge in [-0.2, -0.15) is 13.2 Å². The Bertz CT molecular complexity index is 1550. The van der Waals surface area contributed by atoms with E-state index in [2.05, 4.69) is 0 Å². The van der Waals surface area contributed by atoms with Crippen LogP contribution in [0, 0.1) is 0 Å². The highest BCUT2D eigenvalue weighted by Crippen LogP contribution is 2.50. The molecule has 0 spiro atoms. The molecule has 0 bridgehead atoms. The van der Waals surface area contributed by atoms with Gasteiger partial charge in [0, 0.05) is 16.0 Å². The van der Waals surface area contributed by atoms with Gasteiger partial charge in [-0.05, 0) is 35.0 Å². The first-order valence-electron chi connectivity index (χ1n) is 9.49. The van der Waals surface area contributed by atoms with Crippen LogP contribution in [0.5, 0.6) is 0 Å². The van der Waals surface area contributed by atoms with E-state index in [1.54, 1.807) is 30.3 Å². The highest BCUT2D eigenvalue weighted by molar-refractivity contribution is 6.31. The summed E-state index contributed by atoms with van der Waals surface area (Å²) in [5.74, 6) is -3.29. The Kier molecular flexibility index (Phi) is 4.51. The normalized spacial score (nSPS) is 17.8. The lowest BCUT2D eigenvalue weighted by molar-refractivity contribution is -0.251. The quantitative estimate of drug-likeness (QED) is 0.247. The summed E-state index contributed by atoms with van der Waals surface area (Å²) in [5, 5.41) is 3.80. The summed E-state index contributed by atoms with van der Waals surface area (Å²) in [4.78, 5) is 37.8. The standard InChI is InChI=1S/C23H11ClF3NO5/c24-12-6-7-16-17(9-12)28-21(31)22(16,23(25,26)27)33-20(30)15-10-14-13-4-2-1-3-11(13)5-8-18(14)32-19(15)29/h1-10H,(H,28,31). The maximum Gasteiger partial charge on any atom is 0.442 e. The van der Waals surface area contributed by atoms with Gasteiger partial charge in [0.15, 0.2) is 0 Å². The van der Waals surface area contributed by atoms with Crippen molar-refractivity contribution in [3.8, 4) is 0 Å². The molecule has 0 radical (unpaired) electrons. The number of carbonyl (C=O) groups is 2. The zero-order valence-corrected chi connectivity index (χ0v) is 17.1. The third-order valence-electron chi connectivity index (χ3n) is 5.44. The van der Waals surface area contributed by atoms with Crippen LogP contribution < -0.4 is 10.9 Å². The number of anilines is 1. The van der Waals surface area contributed by atoms with Gasteiger partial charge in [-0.25, -0.2) is 9.59 Å². The molecule has 0 fully saturated rings. The Morgan fingerprint density at radius 1 is 1.00 bits per heavy atom. The van der Waals surface area contributed by atoms with Gasteiger partial charge in [-0.1, -0.05) is 48.0 Å². The molecule has 1 aliphatic rings. The van der Waals surface area contributed by atoms with Crippen molar-refractivity contribution in [3.63, 3.8) is 0 Å². The summed E-state index contributed by atoms with van der Waals surface area (Å²) >= 11 is 5.81. The summed E-state index contributed by atoms with van der Waals surface area (Å²) in [6.45, 7) is 0. The number of carbonyl (C=O) groups excluding carboxylic acids is 2. The highest BCUT2D eigenvalue weighted by Gasteiger charge is 2.69. The first-order chi connectivity index (χ1) is 15.6. The molecule has 33 heavy (non-hydrogen) atoms. The molecular formula is C23H11ClF3NO5. The van der Waals surface area contributed by atoms with E-state index in [1.165, 1.54) is 6.07 Å². The molecule has 1 aromatic heterocycles. The summed E-state index contributed by atoms with van der Waals surface area (Å²) in [6.07, 6.45) is -5.34. The minimum atomic E-state index is -5.34. The number of halogens is 4. The fourth-order valence-corrected chi connectivity index (χ4v) is 4.08. The minimum Gasteiger partial charge on any atom is -0.430 e. The van der Waals surface area contributed by atoms with E-state index >= 15 is 0 Å². The number of amides is 1. The van der Waals surface area contributed by atoms with Gasteiger partial charge >= 0.3 is 23.4 Å². The molecule has 1 amide bonds. The number of hydrogen-bond donors (Lipinski definition) is 1. The number of hydrogen-bond acceptors (Lipinski definition) is 5. The predicted molar refractivity (Wildman–Crippen MR) is 113 cm³/mol. The van der Waals surface area contributed by atoms with Crippen molar-refractivity contribution < 1.29 is 31.9 Å². The van der Waals surface area contributed by atoms with Crippen LogP contribution in [0.15, 0.2) is 69.9 Å². The lowest BCUT2D eigenvalue weighted by atomic mass is 9.94. The second kappa shape index (κ2) is 7.08. The number of benzene rings is 3. The van der Waals surface area contributed by atoms with Crippen molar-refractivity contribution in [3.05, 3.63) is 87.2 Å². The first kappa shape index (κ1) is 21.0. The fourth-order valence-electron chi connectivity index (χ4n) is 3.91. The molecule has 1 unspecified atom stereocenters. The largest absolute Gasteiger partial charge is 0.442 e. The van der Waals surface area contributed by atoms with Gasteiger partial charge in [0.25, 0.3) is 5.91 Å². The molecule has 1 aliphatic heterocycles. The van der Waals surface area contributed by atoms with Gasteiger partial charge in [0.05, 0.1) is 5.69 Å². The van der Waals surface area contributed by atoms with E-state index in [9.17, 15) is 27.6 Å². The van der Waals surface area contributed by atoms with Crippen molar-refractivity contribution in [2.24, 2.45) is 0 Å². The molecular weight excluding hydrogens is 463 g/mol. The van der Waals surface area contributed by atoms with Crippen LogP contribution in [0.4, 0.5) is 18.9 Å². The summed E-state index contributed by atoms with van der Waals surface area (Å²) < 4.78 is 52.6. The van der Waals surface area contributed by atoms with Crippen LogP contribution in [0.25, 0.3) is 21.7 Å². The van der Waals surface area contributed by atoms with Crippen LogP contribution in [-0.4, -0.2) is 18.1 Å². The van der Waals surface area contributed by atoms with E-state index in [0.29, 0.717) is 10.8 Å². The molecule has 10 heteroatoms. The highest BCUT2D eigenvalue weighted by atomic mass is 35.5. The van der Waals surface area contributed by atoms with Crippen LogP contribution in [0.3, 0.4) is 0 Å². The van der Waals surface area contributed by atoms with Crippen molar-refractivity contribution in [2.45, 2.75) is 11.8 Å². The van der Waals surface area contributed by atoms with Crippen molar-refractivity contribution in [1.82, 2.24) is 0 Å². The van der Waals surface area contributed by atoms with Crippen LogP contribution >= 0.6 is 11.6 Å². The van der Waals surface area contributed by atoms with E-state index in [0.717, 1.165) is 29.7 Å². The van der Waals surface area contributed by atoms with Crippen LogP contribution in [0.2, 0.25) is 5.02 Å². The van der Waals surface area contributed by atoms with E-state index < -0.39 is 40.4 Å². The molecule has 3 aromatic carbocycles. The number of fused-ring (bicyclic) bond motifs is 4. The van der Waals surface area contributed by atoms with Gasteiger partial charge in [-0.3, -0.25) is 4.79 Å². The minimum absolute atomic E-state index is 0.0698. The fraction of sp³-hybridized carbons (Fsp3) is 0.0870. The number of nitrogens with one attached hydrogen (secondary N) is 1. The van der Waals surface area contributed by atoms with Gasteiger partial charge in [-0.15, -0.1) is 0 Å². The third kappa shape index (κ3) is 3.07. The number of ether oxygens (including phenoxy) is 1. The predicted octanol–water partition coefficient (Wildman–Crippen LogP) is 5.17. The molecule has 0 saturated carbocycles. The Labute approximate surface area is 187 Å².